The molecule has 256 valence electrons. The highest BCUT2D eigenvalue weighted by molar-refractivity contribution is 7.47. The normalized spacial score (nSPS) is 14.8. The summed E-state index contributed by atoms with van der Waals surface area (Å²) in [6, 6.07) is 0. The molecule has 3 N–H and O–H groups in total. The summed E-state index contributed by atoms with van der Waals surface area (Å²) in [6.07, 6.45) is 26.9. The molecule has 11 heteroatoms. The van der Waals surface area contributed by atoms with Crippen LogP contribution in [0.4, 0.5) is 0 Å². The standard InChI is InChI=1S/C33H59O10P/c1-3-5-7-8-9-10-11-12-13-14-15-16-17-18-19-20-21-22-23-25-33(37)43-31(27-35)29-41-44(38,39)40-28-30(26-34)42-32(36)24-6-4-2/h9-10,12-13,15-16,30-31,34-35H,3-8,11,14,17-29H2,1-2H3,(H,38,39)/b10-9-,13-12-,16-15-. The predicted octanol–water partition coefficient (Wildman–Crippen LogP) is 7.27. The molecule has 0 amide bonds. The van der Waals surface area contributed by atoms with E-state index >= 15 is 0 Å². The number of allylic oxidation sites excluding steroid dienone is 6. The molecule has 44 heavy (non-hydrogen) atoms. The number of aliphatic hydroxyl groups is 2. The van der Waals surface area contributed by atoms with Crippen molar-refractivity contribution in [1.82, 2.24) is 0 Å². The van der Waals surface area contributed by atoms with Crippen molar-refractivity contribution in [3.8, 4) is 0 Å². The van der Waals surface area contributed by atoms with Crippen molar-refractivity contribution in [2.75, 3.05) is 26.4 Å². The van der Waals surface area contributed by atoms with Crippen molar-refractivity contribution in [3.63, 3.8) is 0 Å². The second-order valence-electron chi connectivity index (χ2n) is 10.8. The van der Waals surface area contributed by atoms with Gasteiger partial charge in [0, 0.05) is 12.8 Å². The lowest BCUT2D eigenvalue weighted by atomic mass is 10.1. The maximum atomic E-state index is 12.1. The monoisotopic (exact) mass is 646 g/mol. The Morgan fingerprint density at radius 2 is 1.02 bits per heavy atom. The van der Waals surface area contributed by atoms with Gasteiger partial charge in [0.05, 0.1) is 26.4 Å². The summed E-state index contributed by atoms with van der Waals surface area (Å²) in [6.45, 7) is 1.83. The molecule has 0 heterocycles. The van der Waals surface area contributed by atoms with Gasteiger partial charge in [-0.1, -0.05) is 95.2 Å². The molecule has 0 aliphatic heterocycles. The van der Waals surface area contributed by atoms with Gasteiger partial charge in [0.2, 0.25) is 0 Å². The molecule has 0 fully saturated rings. The molecule has 0 aromatic carbocycles. The number of hydrogen-bond donors (Lipinski definition) is 3. The van der Waals surface area contributed by atoms with Gasteiger partial charge in [-0.2, -0.15) is 0 Å². The molecular weight excluding hydrogens is 587 g/mol. The smallest absolute Gasteiger partial charge is 0.457 e. The second kappa shape index (κ2) is 29.9. The minimum atomic E-state index is -4.61. The summed E-state index contributed by atoms with van der Waals surface area (Å²) >= 11 is 0. The van der Waals surface area contributed by atoms with Crippen molar-refractivity contribution < 1.29 is 47.8 Å². The quantitative estimate of drug-likeness (QED) is 0.0315. The molecule has 10 nitrogen and oxygen atoms in total. The Balaban J connectivity index is 3.91. The first-order valence-electron chi connectivity index (χ1n) is 16.4. The fourth-order valence-corrected chi connectivity index (χ4v) is 4.76. The summed E-state index contributed by atoms with van der Waals surface area (Å²) in [5, 5.41) is 18.8. The van der Waals surface area contributed by atoms with E-state index in [0.717, 1.165) is 57.8 Å². The minimum absolute atomic E-state index is 0.165. The van der Waals surface area contributed by atoms with Gasteiger partial charge in [-0.15, -0.1) is 0 Å². The van der Waals surface area contributed by atoms with Gasteiger partial charge in [0.1, 0.15) is 12.2 Å². The van der Waals surface area contributed by atoms with Gasteiger partial charge in [0.15, 0.2) is 0 Å². The molecule has 0 saturated heterocycles. The Hall–Kier alpha value is -1.81. The largest absolute Gasteiger partial charge is 0.472 e. The zero-order valence-electron chi connectivity index (χ0n) is 27.1. The van der Waals surface area contributed by atoms with Crippen molar-refractivity contribution in [2.45, 2.75) is 135 Å². The first-order valence-corrected chi connectivity index (χ1v) is 17.9. The van der Waals surface area contributed by atoms with E-state index in [9.17, 15) is 29.3 Å². The Labute approximate surface area is 265 Å². The van der Waals surface area contributed by atoms with E-state index in [4.69, 9.17) is 18.5 Å². The number of ether oxygens (including phenoxy) is 2. The molecule has 0 aliphatic rings. The van der Waals surface area contributed by atoms with E-state index in [1.807, 2.05) is 6.92 Å². The minimum Gasteiger partial charge on any atom is -0.457 e. The molecule has 0 rings (SSSR count). The molecule has 0 bridgehead atoms. The van der Waals surface area contributed by atoms with Crippen LogP contribution in [0.3, 0.4) is 0 Å². The summed E-state index contributed by atoms with van der Waals surface area (Å²) in [7, 11) is -4.61. The number of carbonyl (C=O) groups excluding carboxylic acids is 2. The highest BCUT2D eigenvalue weighted by atomic mass is 31.2. The topological polar surface area (TPSA) is 149 Å². The Kier molecular flexibility index (Phi) is 28.6. The molecule has 0 aromatic heterocycles. The van der Waals surface area contributed by atoms with E-state index in [1.165, 1.54) is 25.7 Å². The van der Waals surface area contributed by atoms with Crippen LogP contribution in [0.25, 0.3) is 0 Å². The fraction of sp³-hybridized carbons (Fsp3) is 0.758. The van der Waals surface area contributed by atoms with Gasteiger partial charge in [-0.3, -0.25) is 18.6 Å². The predicted molar refractivity (Wildman–Crippen MR) is 173 cm³/mol. The number of aliphatic hydroxyl groups excluding tert-OH is 2. The van der Waals surface area contributed by atoms with E-state index in [2.05, 4.69) is 43.4 Å². The molecule has 3 unspecified atom stereocenters. The highest BCUT2D eigenvalue weighted by Gasteiger charge is 2.27. The summed E-state index contributed by atoms with van der Waals surface area (Å²) in [5.74, 6) is -1.07. The van der Waals surface area contributed by atoms with E-state index in [1.54, 1.807) is 0 Å². The molecular formula is C33H59O10P. The van der Waals surface area contributed by atoms with E-state index < -0.39 is 58.4 Å². The van der Waals surface area contributed by atoms with Gasteiger partial charge in [-0.05, 0) is 51.4 Å². The lowest BCUT2D eigenvalue weighted by Gasteiger charge is -2.20. The van der Waals surface area contributed by atoms with Crippen LogP contribution in [-0.4, -0.2) is 65.7 Å². The molecule has 0 saturated carbocycles. The number of hydrogen-bond acceptors (Lipinski definition) is 9. The number of phosphoric ester groups is 1. The third-order valence-electron chi connectivity index (χ3n) is 6.61. The number of carbonyl (C=O) groups is 2. The Morgan fingerprint density at radius 3 is 1.50 bits per heavy atom. The molecule has 0 spiro atoms. The van der Waals surface area contributed by atoms with Gasteiger partial charge < -0.3 is 24.6 Å². The van der Waals surface area contributed by atoms with Gasteiger partial charge >= 0.3 is 19.8 Å². The van der Waals surface area contributed by atoms with Crippen LogP contribution < -0.4 is 0 Å². The van der Waals surface area contributed by atoms with Crippen LogP contribution >= 0.6 is 7.82 Å². The zero-order chi connectivity index (χ0) is 32.7. The summed E-state index contributed by atoms with van der Waals surface area (Å²) < 4.78 is 31.8. The Morgan fingerprint density at radius 1 is 0.614 bits per heavy atom. The molecule has 0 radical (unpaired) electrons. The Bertz CT molecular complexity index is 842. The molecule has 0 aromatic rings. The number of phosphoric acid groups is 1. The van der Waals surface area contributed by atoms with Crippen LogP contribution in [0, 0.1) is 0 Å². The van der Waals surface area contributed by atoms with Crippen molar-refractivity contribution in [3.05, 3.63) is 36.5 Å². The van der Waals surface area contributed by atoms with Crippen LogP contribution in [0.15, 0.2) is 36.5 Å². The SMILES string of the molecule is CCCCC/C=C\C/C=C\C/C=C\CCCCCCCCC(=O)OC(CO)COP(=O)(O)OCC(CO)OC(=O)CCCC. The van der Waals surface area contributed by atoms with Crippen LogP contribution in [0.5, 0.6) is 0 Å². The van der Waals surface area contributed by atoms with E-state index in [0.29, 0.717) is 12.8 Å². The average molecular weight is 647 g/mol. The third kappa shape index (κ3) is 27.7. The average Bonchev–Trinajstić information content (AvgIpc) is 3.01. The van der Waals surface area contributed by atoms with Crippen LogP contribution in [-0.2, 0) is 32.7 Å². The number of esters is 2. The van der Waals surface area contributed by atoms with Gasteiger partial charge in [-0.25, -0.2) is 4.57 Å². The summed E-state index contributed by atoms with van der Waals surface area (Å²) in [5.41, 5.74) is 0. The van der Waals surface area contributed by atoms with Crippen molar-refractivity contribution in [1.29, 1.82) is 0 Å². The van der Waals surface area contributed by atoms with Crippen LogP contribution in [0.2, 0.25) is 0 Å². The lowest BCUT2D eigenvalue weighted by Crippen LogP contribution is -2.28. The first-order chi connectivity index (χ1) is 21.3. The van der Waals surface area contributed by atoms with Crippen LogP contribution in [0.1, 0.15) is 123 Å². The van der Waals surface area contributed by atoms with Gasteiger partial charge in [0.25, 0.3) is 0 Å². The maximum Gasteiger partial charge on any atom is 0.472 e. The van der Waals surface area contributed by atoms with Crippen molar-refractivity contribution in [2.24, 2.45) is 0 Å². The lowest BCUT2D eigenvalue weighted by molar-refractivity contribution is -0.153. The zero-order valence-corrected chi connectivity index (χ0v) is 28.0. The first kappa shape index (κ1) is 42.2. The maximum absolute atomic E-state index is 12.1. The molecule has 3 atom stereocenters. The number of unbranched alkanes of at least 4 members (excludes halogenated alkanes) is 10. The van der Waals surface area contributed by atoms with E-state index in [-0.39, 0.29) is 12.8 Å². The second-order valence-corrected chi connectivity index (χ2v) is 12.2. The molecule has 0 aliphatic carbocycles. The number of rotatable bonds is 30. The fourth-order valence-electron chi connectivity index (χ4n) is 3.98. The third-order valence-corrected chi connectivity index (χ3v) is 7.56. The van der Waals surface area contributed by atoms with Crippen molar-refractivity contribution >= 4 is 19.8 Å². The summed E-state index contributed by atoms with van der Waals surface area (Å²) in [4.78, 5) is 33.6. The highest BCUT2D eigenvalue weighted by Crippen LogP contribution is 2.43.